The number of amides is 1. The molecule has 2 aromatic rings. The van der Waals surface area contributed by atoms with Gasteiger partial charge in [-0.3, -0.25) is 4.79 Å². The van der Waals surface area contributed by atoms with Crippen LogP contribution in [-0.4, -0.2) is 29.0 Å². The van der Waals surface area contributed by atoms with Gasteiger partial charge in [-0.2, -0.15) is 0 Å². The molecule has 0 aliphatic carbocycles. The van der Waals surface area contributed by atoms with Gasteiger partial charge in [0.2, 0.25) is 11.9 Å². The number of nitrogens with one attached hydrogen (secondary N) is 1. The summed E-state index contributed by atoms with van der Waals surface area (Å²) in [6, 6.07) is 11.4. The van der Waals surface area contributed by atoms with E-state index in [9.17, 15) is 4.79 Å². The van der Waals surface area contributed by atoms with Gasteiger partial charge in [-0.15, -0.1) is 0 Å². The molecule has 1 aliphatic heterocycles. The van der Waals surface area contributed by atoms with Crippen LogP contribution in [0.1, 0.15) is 12.8 Å². The molecule has 0 unspecified atom stereocenters. The number of para-hydroxylation sites is 1. The number of rotatable bonds is 3. The van der Waals surface area contributed by atoms with Crippen LogP contribution in [0.3, 0.4) is 0 Å². The summed E-state index contributed by atoms with van der Waals surface area (Å²) in [6.45, 7) is 1.57. The first-order chi connectivity index (χ1) is 10.3. The van der Waals surface area contributed by atoms with Crippen molar-refractivity contribution < 1.29 is 4.79 Å². The predicted molar refractivity (Wildman–Crippen MR) is 82.0 cm³/mol. The molecule has 108 valence electrons. The SMILES string of the molecule is O=C(Nc1ccccc1)[C@@H]1CCCN(c2ncccn2)C1. The second-order valence-electron chi connectivity index (χ2n) is 5.19. The molecule has 1 fully saturated rings. The van der Waals surface area contributed by atoms with Crippen LogP contribution in [-0.2, 0) is 4.79 Å². The van der Waals surface area contributed by atoms with Crippen LogP contribution in [0.15, 0.2) is 48.8 Å². The summed E-state index contributed by atoms with van der Waals surface area (Å²) in [5, 5.41) is 2.98. The lowest BCUT2D eigenvalue weighted by atomic mass is 9.97. The molecule has 5 nitrogen and oxygen atoms in total. The highest BCUT2D eigenvalue weighted by Gasteiger charge is 2.26. The molecule has 0 bridgehead atoms. The molecule has 21 heavy (non-hydrogen) atoms. The fourth-order valence-corrected chi connectivity index (χ4v) is 2.59. The third-order valence-electron chi connectivity index (χ3n) is 3.67. The fraction of sp³-hybridized carbons (Fsp3) is 0.312. The van der Waals surface area contributed by atoms with Gasteiger partial charge < -0.3 is 10.2 Å². The summed E-state index contributed by atoms with van der Waals surface area (Å²) in [5.74, 6) is 0.749. The highest BCUT2D eigenvalue weighted by atomic mass is 16.1. The normalized spacial score (nSPS) is 18.3. The number of anilines is 2. The summed E-state index contributed by atoms with van der Waals surface area (Å²) < 4.78 is 0. The van der Waals surface area contributed by atoms with E-state index in [-0.39, 0.29) is 11.8 Å². The molecule has 1 saturated heterocycles. The molecule has 1 N–H and O–H groups in total. The van der Waals surface area contributed by atoms with E-state index in [1.807, 2.05) is 30.3 Å². The van der Waals surface area contributed by atoms with Gasteiger partial charge in [0.05, 0.1) is 5.92 Å². The number of carbonyl (C=O) groups is 1. The fourth-order valence-electron chi connectivity index (χ4n) is 2.59. The van der Waals surface area contributed by atoms with E-state index in [1.165, 1.54) is 0 Å². The highest BCUT2D eigenvalue weighted by Crippen LogP contribution is 2.21. The van der Waals surface area contributed by atoms with Gasteiger partial charge in [-0.25, -0.2) is 9.97 Å². The molecule has 1 atom stereocenters. The number of carbonyl (C=O) groups excluding carboxylic acids is 1. The number of benzene rings is 1. The Labute approximate surface area is 124 Å². The van der Waals surface area contributed by atoms with E-state index in [0.29, 0.717) is 12.5 Å². The van der Waals surface area contributed by atoms with Crippen molar-refractivity contribution in [3.05, 3.63) is 48.8 Å². The van der Waals surface area contributed by atoms with Crippen LogP contribution < -0.4 is 10.2 Å². The van der Waals surface area contributed by atoms with E-state index in [1.54, 1.807) is 18.5 Å². The number of aromatic nitrogens is 2. The molecular weight excluding hydrogens is 264 g/mol. The van der Waals surface area contributed by atoms with Crippen LogP contribution in [0.25, 0.3) is 0 Å². The van der Waals surface area contributed by atoms with Crippen molar-refractivity contribution in [2.24, 2.45) is 5.92 Å². The van der Waals surface area contributed by atoms with E-state index >= 15 is 0 Å². The molecule has 1 amide bonds. The van der Waals surface area contributed by atoms with Gasteiger partial charge >= 0.3 is 0 Å². The molecule has 3 rings (SSSR count). The third kappa shape index (κ3) is 3.37. The Bertz CT molecular complexity index is 588. The predicted octanol–water partition coefficient (Wildman–Crippen LogP) is 2.33. The first kappa shape index (κ1) is 13.5. The van der Waals surface area contributed by atoms with Crippen molar-refractivity contribution in [2.45, 2.75) is 12.8 Å². The largest absolute Gasteiger partial charge is 0.340 e. The van der Waals surface area contributed by atoms with Crippen molar-refractivity contribution >= 4 is 17.5 Å². The Morgan fingerprint density at radius 1 is 1.14 bits per heavy atom. The Balaban J connectivity index is 1.64. The number of nitrogens with zero attached hydrogens (tertiary/aromatic N) is 3. The van der Waals surface area contributed by atoms with Crippen LogP contribution >= 0.6 is 0 Å². The minimum Gasteiger partial charge on any atom is -0.340 e. The molecule has 0 spiro atoms. The third-order valence-corrected chi connectivity index (χ3v) is 3.67. The van der Waals surface area contributed by atoms with Crippen molar-refractivity contribution in [3.63, 3.8) is 0 Å². The highest BCUT2D eigenvalue weighted by molar-refractivity contribution is 5.93. The molecule has 0 radical (unpaired) electrons. The summed E-state index contributed by atoms with van der Waals surface area (Å²) in [6.07, 6.45) is 5.35. The van der Waals surface area contributed by atoms with E-state index in [0.717, 1.165) is 25.1 Å². The Kier molecular flexibility index (Phi) is 4.09. The molecule has 1 aromatic heterocycles. The second kappa shape index (κ2) is 6.35. The first-order valence-electron chi connectivity index (χ1n) is 7.21. The van der Waals surface area contributed by atoms with Crippen LogP contribution in [0.5, 0.6) is 0 Å². The van der Waals surface area contributed by atoms with Crippen LogP contribution in [0, 0.1) is 5.92 Å². The molecular formula is C16H18N4O. The Morgan fingerprint density at radius 2 is 1.90 bits per heavy atom. The molecule has 1 aromatic carbocycles. The summed E-state index contributed by atoms with van der Waals surface area (Å²) >= 11 is 0. The topological polar surface area (TPSA) is 58.1 Å². The molecule has 1 aliphatic rings. The smallest absolute Gasteiger partial charge is 0.229 e. The quantitative estimate of drug-likeness (QED) is 0.938. The lowest BCUT2D eigenvalue weighted by Crippen LogP contribution is -2.41. The van der Waals surface area contributed by atoms with Crippen LogP contribution in [0.2, 0.25) is 0 Å². The zero-order valence-corrected chi connectivity index (χ0v) is 11.8. The van der Waals surface area contributed by atoms with Crippen LogP contribution in [0.4, 0.5) is 11.6 Å². The Morgan fingerprint density at radius 3 is 2.67 bits per heavy atom. The van der Waals surface area contributed by atoms with Crippen molar-refractivity contribution in [1.29, 1.82) is 0 Å². The average Bonchev–Trinajstić information content (AvgIpc) is 2.57. The first-order valence-corrected chi connectivity index (χ1v) is 7.21. The lowest BCUT2D eigenvalue weighted by molar-refractivity contribution is -0.120. The van der Waals surface area contributed by atoms with Crippen molar-refractivity contribution in [1.82, 2.24) is 9.97 Å². The monoisotopic (exact) mass is 282 g/mol. The van der Waals surface area contributed by atoms with Crippen molar-refractivity contribution in [2.75, 3.05) is 23.3 Å². The second-order valence-corrected chi connectivity index (χ2v) is 5.19. The minimum absolute atomic E-state index is 0.0252. The van der Waals surface area contributed by atoms with Crippen molar-refractivity contribution in [3.8, 4) is 0 Å². The molecule has 0 saturated carbocycles. The number of piperidine rings is 1. The molecule has 2 heterocycles. The van der Waals surface area contributed by atoms with Gasteiger partial charge in [0.1, 0.15) is 0 Å². The van der Waals surface area contributed by atoms with E-state index in [2.05, 4.69) is 20.2 Å². The van der Waals surface area contributed by atoms with Gasteiger partial charge in [-0.1, -0.05) is 18.2 Å². The maximum Gasteiger partial charge on any atom is 0.229 e. The summed E-state index contributed by atoms with van der Waals surface area (Å²) in [7, 11) is 0. The van der Waals surface area contributed by atoms with Gasteiger partial charge in [-0.05, 0) is 31.0 Å². The molecule has 5 heteroatoms. The summed E-state index contributed by atoms with van der Waals surface area (Å²) in [5.41, 5.74) is 0.843. The average molecular weight is 282 g/mol. The lowest BCUT2D eigenvalue weighted by Gasteiger charge is -2.31. The zero-order valence-electron chi connectivity index (χ0n) is 11.8. The maximum atomic E-state index is 12.4. The van der Waals surface area contributed by atoms with Gasteiger partial charge in [0.15, 0.2) is 0 Å². The van der Waals surface area contributed by atoms with Gasteiger partial charge in [0, 0.05) is 31.2 Å². The van der Waals surface area contributed by atoms with Gasteiger partial charge in [0.25, 0.3) is 0 Å². The summed E-state index contributed by atoms with van der Waals surface area (Å²) in [4.78, 5) is 23.0. The number of hydrogen-bond acceptors (Lipinski definition) is 4. The minimum atomic E-state index is -0.0252. The van der Waals surface area contributed by atoms with E-state index < -0.39 is 0 Å². The Hall–Kier alpha value is -2.43. The zero-order chi connectivity index (χ0) is 14.5. The standard InChI is InChI=1S/C16H18N4O/c21-15(19-14-7-2-1-3-8-14)13-6-4-11-20(12-13)16-17-9-5-10-18-16/h1-3,5,7-10,13H,4,6,11-12H2,(H,19,21)/t13-/m1/s1. The van der Waals surface area contributed by atoms with E-state index in [4.69, 9.17) is 0 Å². The number of hydrogen-bond donors (Lipinski definition) is 1. The maximum absolute atomic E-state index is 12.4.